The maximum Gasteiger partial charge on any atom is 0.271 e. The maximum absolute atomic E-state index is 12.0. The first-order chi connectivity index (χ1) is 11.1. The summed E-state index contributed by atoms with van der Waals surface area (Å²) < 4.78 is 2.95. The molecule has 0 radical (unpaired) electrons. The number of aromatic nitrogens is 5. The van der Waals surface area contributed by atoms with E-state index in [9.17, 15) is 9.59 Å². The predicted octanol–water partition coefficient (Wildman–Crippen LogP) is 0.345. The van der Waals surface area contributed by atoms with E-state index in [2.05, 4.69) is 20.7 Å². The van der Waals surface area contributed by atoms with Crippen LogP contribution in [0.4, 0.5) is 0 Å². The number of benzene rings is 1. The molecular formula is C15H16N6O2. The minimum absolute atomic E-state index is 0.221. The normalized spacial score (nSPS) is 10.8. The summed E-state index contributed by atoms with van der Waals surface area (Å²) in [5.74, 6) is -0.302. The molecule has 0 bridgehead atoms. The third-order valence-electron chi connectivity index (χ3n) is 3.45. The molecule has 0 spiro atoms. The van der Waals surface area contributed by atoms with Gasteiger partial charge < -0.3 is 5.32 Å². The predicted molar refractivity (Wildman–Crippen MR) is 84.0 cm³/mol. The van der Waals surface area contributed by atoms with E-state index in [1.54, 1.807) is 0 Å². The van der Waals surface area contributed by atoms with Crippen molar-refractivity contribution in [3.8, 4) is 0 Å². The van der Waals surface area contributed by atoms with Crippen LogP contribution in [0, 0.1) is 0 Å². The van der Waals surface area contributed by atoms with Gasteiger partial charge >= 0.3 is 0 Å². The Hall–Kier alpha value is -3.03. The van der Waals surface area contributed by atoms with Crippen LogP contribution in [-0.2, 0) is 13.6 Å². The van der Waals surface area contributed by atoms with Crippen molar-refractivity contribution < 1.29 is 4.79 Å². The highest BCUT2D eigenvalue weighted by Crippen LogP contribution is 2.09. The van der Waals surface area contributed by atoms with Gasteiger partial charge in [-0.1, -0.05) is 17.3 Å². The van der Waals surface area contributed by atoms with Crippen LogP contribution in [0.5, 0.6) is 0 Å². The monoisotopic (exact) mass is 312 g/mol. The molecule has 1 aromatic carbocycles. The van der Waals surface area contributed by atoms with Crippen LogP contribution in [-0.4, -0.2) is 37.2 Å². The number of fused-ring (bicyclic) bond motifs is 1. The lowest BCUT2D eigenvalue weighted by molar-refractivity contribution is 0.0945. The van der Waals surface area contributed by atoms with Crippen LogP contribution < -0.4 is 10.9 Å². The number of amides is 1. The fourth-order valence-electron chi connectivity index (χ4n) is 2.23. The van der Waals surface area contributed by atoms with E-state index < -0.39 is 0 Å². The van der Waals surface area contributed by atoms with E-state index in [1.165, 1.54) is 19.2 Å². The largest absolute Gasteiger partial charge is 0.351 e. The van der Waals surface area contributed by atoms with E-state index in [4.69, 9.17) is 0 Å². The zero-order valence-electron chi connectivity index (χ0n) is 12.6. The number of carbonyl (C=O) groups is 1. The highest BCUT2D eigenvalue weighted by atomic mass is 16.2. The number of para-hydroxylation sites is 1. The lowest BCUT2D eigenvalue weighted by Crippen LogP contribution is -2.29. The highest BCUT2D eigenvalue weighted by Gasteiger charge is 2.08. The van der Waals surface area contributed by atoms with Crippen molar-refractivity contribution in [2.75, 3.05) is 6.54 Å². The van der Waals surface area contributed by atoms with E-state index in [-0.39, 0.29) is 17.2 Å². The Labute approximate surface area is 131 Å². The van der Waals surface area contributed by atoms with Crippen LogP contribution in [0.2, 0.25) is 0 Å². The molecule has 0 aliphatic rings. The van der Waals surface area contributed by atoms with Crippen molar-refractivity contribution in [1.82, 2.24) is 30.1 Å². The molecule has 8 nitrogen and oxygen atoms in total. The average Bonchev–Trinajstić information content (AvgIpc) is 2.97. The zero-order chi connectivity index (χ0) is 16.2. The molecule has 0 saturated heterocycles. The van der Waals surface area contributed by atoms with E-state index in [1.807, 2.05) is 28.9 Å². The summed E-state index contributed by atoms with van der Waals surface area (Å²) in [5.41, 5.74) is 1.79. The second kappa shape index (κ2) is 6.39. The lowest BCUT2D eigenvalue weighted by Gasteiger charge is -2.06. The van der Waals surface area contributed by atoms with Gasteiger partial charge in [0.2, 0.25) is 0 Å². The minimum Gasteiger partial charge on any atom is -0.351 e. The summed E-state index contributed by atoms with van der Waals surface area (Å²) in [7, 11) is 1.51. The van der Waals surface area contributed by atoms with Crippen molar-refractivity contribution in [1.29, 1.82) is 0 Å². The first-order valence-corrected chi connectivity index (χ1v) is 7.26. The van der Waals surface area contributed by atoms with Gasteiger partial charge in [-0.15, -0.1) is 5.10 Å². The zero-order valence-corrected chi connectivity index (χ0v) is 12.6. The van der Waals surface area contributed by atoms with Gasteiger partial charge in [0.15, 0.2) is 0 Å². The Morgan fingerprint density at radius 1 is 1.22 bits per heavy atom. The number of nitrogens with zero attached hydrogens (tertiary/aromatic N) is 5. The molecule has 1 amide bonds. The standard InChI is InChI=1S/C15H16N6O2/c1-20-14(22)8-7-12(18-20)15(23)16-9-4-10-21-13-6-3-2-5-11(13)17-19-21/h2-3,5-8H,4,9-10H2,1H3,(H,16,23). The highest BCUT2D eigenvalue weighted by molar-refractivity contribution is 5.91. The van der Waals surface area contributed by atoms with Crippen LogP contribution >= 0.6 is 0 Å². The second-order valence-corrected chi connectivity index (χ2v) is 5.09. The molecule has 3 rings (SSSR count). The van der Waals surface area contributed by atoms with Crippen molar-refractivity contribution in [3.63, 3.8) is 0 Å². The summed E-state index contributed by atoms with van der Waals surface area (Å²) in [6.45, 7) is 1.14. The van der Waals surface area contributed by atoms with Gasteiger partial charge in [-0.3, -0.25) is 9.59 Å². The molecule has 118 valence electrons. The molecule has 0 aliphatic heterocycles. The van der Waals surface area contributed by atoms with Crippen LogP contribution in [0.25, 0.3) is 11.0 Å². The Balaban J connectivity index is 1.54. The van der Waals surface area contributed by atoms with Gasteiger partial charge in [0.1, 0.15) is 11.2 Å². The van der Waals surface area contributed by atoms with E-state index in [0.717, 1.165) is 15.7 Å². The van der Waals surface area contributed by atoms with Gasteiger partial charge in [0.05, 0.1) is 5.52 Å². The SMILES string of the molecule is Cn1nc(C(=O)NCCCn2nnc3ccccc32)ccc1=O. The summed E-state index contributed by atoms with van der Waals surface area (Å²) in [5, 5.41) is 14.9. The van der Waals surface area contributed by atoms with E-state index in [0.29, 0.717) is 19.5 Å². The van der Waals surface area contributed by atoms with Gasteiger partial charge in [-0.05, 0) is 24.6 Å². The molecule has 0 saturated carbocycles. The first kappa shape index (κ1) is 14.9. The maximum atomic E-state index is 12.0. The Kier molecular flexibility index (Phi) is 4.13. The fraction of sp³-hybridized carbons (Fsp3) is 0.267. The number of nitrogens with one attached hydrogen (secondary N) is 1. The molecule has 8 heteroatoms. The van der Waals surface area contributed by atoms with Gasteiger partial charge in [-0.2, -0.15) is 5.10 Å². The smallest absolute Gasteiger partial charge is 0.271 e. The minimum atomic E-state index is -0.302. The lowest BCUT2D eigenvalue weighted by atomic mass is 10.3. The van der Waals surface area contributed by atoms with Gasteiger partial charge in [-0.25, -0.2) is 9.36 Å². The summed E-state index contributed by atoms with van der Waals surface area (Å²) in [4.78, 5) is 23.2. The number of carbonyl (C=O) groups excluding carboxylic acids is 1. The summed E-state index contributed by atoms with van der Waals surface area (Å²) >= 11 is 0. The Morgan fingerprint density at radius 2 is 2.04 bits per heavy atom. The van der Waals surface area contributed by atoms with Crippen LogP contribution in [0.1, 0.15) is 16.9 Å². The van der Waals surface area contributed by atoms with Crippen molar-refractivity contribution in [3.05, 3.63) is 52.4 Å². The molecule has 1 N–H and O–H groups in total. The van der Waals surface area contributed by atoms with Crippen molar-refractivity contribution in [2.45, 2.75) is 13.0 Å². The number of rotatable bonds is 5. The van der Waals surface area contributed by atoms with E-state index >= 15 is 0 Å². The molecule has 0 atom stereocenters. The second-order valence-electron chi connectivity index (χ2n) is 5.09. The van der Waals surface area contributed by atoms with Gasteiger partial charge in [0, 0.05) is 26.2 Å². The summed E-state index contributed by atoms with van der Waals surface area (Å²) in [6.07, 6.45) is 0.713. The third-order valence-corrected chi connectivity index (χ3v) is 3.45. The molecule has 0 aliphatic carbocycles. The molecule has 0 unspecified atom stereocenters. The third kappa shape index (κ3) is 3.25. The topological polar surface area (TPSA) is 94.7 Å². The van der Waals surface area contributed by atoms with Gasteiger partial charge in [0.25, 0.3) is 11.5 Å². The molecule has 3 aromatic rings. The average molecular weight is 312 g/mol. The molecule has 2 heterocycles. The fourth-order valence-corrected chi connectivity index (χ4v) is 2.23. The molecule has 0 fully saturated rings. The first-order valence-electron chi connectivity index (χ1n) is 7.26. The number of aryl methyl sites for hydroxylation is 2. The Morgan fingerprint density at radius 3 is 2.87 bits per heavy atom. The van der Waals surface area contributed by atoms with Crippen molar-refractivity contribution in [2.24, 2.45) is 7.05 Å². The molecule has 2 aromatic heterocycles. The van der Waals surface area contributed by atoms with Crippen molar-refractivity contribution >= 4 is 16.9 Å². The summed E-state index contributed by atoms with van der Waals surface area (Å²) in [6, 6.07) is 10.5. The molecular weight excluding hydrogens is 296 g/mol. The van der Waals surface area contributed by atoms with Crippen LogP contribution in [0.15, 0.2) is 41.2 Å². The molecule has 23 heavy (non-hydrogen) atoms. The Bertz CT molecular complexity index is 898. The quantitative estimate of drug-likeness (QED) is 0.686. The number of hydrogen-bond donors (Lipinski definition) is 1. The number of hydrogen-bond acceptors (Lipinski definition) is 5. The van der Waals surface area contributed by atoms with Crippen LogP contribution in [0.3, 0.4) is 0 Å².